The molecule has 3 rings (SSSR count). The minimum absolute atomic E-state index is 0.0155. The van der Waals surface area contributed by atoms with Crippen LogP contribution < -0.4 is 5.32 Å². The van der Waals surface area contributed by atoms with Gasteiger partial charge in [-0.05, 0) is 32.0 Å². The summed E-state index contributed by atoms with van der Waals surface area (Å²) in [5.74, 6) is 0.00495. The smallest absolute Gasteiger partial charge is 0.291 e. The van der Waals surface area contributed by atoms with Gasteiger partial charge in [0.15, 0.2) is 0 Å². The molecule has 1 fully saturated rings. The van der Waals surface area contributed by atoms with Crippen LogP contribution in [0.5, 0.6) is 0 Å². The van der Waals surface area contributed by atoms with Gasteiger partial charge >= 0.3 is 0 Å². The number of rotatable bonds is 5. The van der Waals surface area contributed by atoms with Crippen LogP contribution in [0.1, 0.15) is 18.5 Å². The summed E-state index contributed by atoms with van der Waals surface area (Å²) >= 11 is 0. The first-order valence-electron chi connectivity index (χ1n) is 8.08. The van der Waals surface area contributed by atoms with E-state index in [1.54, 1.807) is 6.07 Å². The van der Waals surface area contributed by atoms with Crippen molar-refractivity contribution < 1.29 is 9.72 Å². The van der Waals surface area contributed by atoms with Gasteiger partial charge in [0.05, 0.1) is 17.0 Å². The largest absolute Gasteiger partial charge is 0.317 e. The number of piperidine rings is 1. The molecule has 0 saturated carbocycles. The van der Waals surface area contributed by atoms with E-state index in [1.165, 1.54) is 6.07 Å². The van der Waals surface area contributed by atoms with Crippen molar-refractivity contribution in [3.8, 4) is 11.3 Å². The molecule has 1 saturated heterocycles. The second kappa shape index (κ2) is 7.31. The highest BCUT2D eigenvalue weighted by Gasteiger charge is 2.25. The van der Waals surface area contributed by atoms with Gasteiger partial charge in [-0.3, -0.25) is 14.9 Å². The first-order chi connectivity index (χ1) is 11.6. The number of aromatic nitrogens is 1. The van der Waals surface area contributed by atoms with Gasteiger partial charge in [-0.25, -0.2) is 4.98 Å². The van der Waals surface area contributed by atoms with E-state index in [4.69, 9.17) is 0 Å². The molecule has 1 aromatic heterocycles. The van der Waals surface area contributed by atoms with Crippen molar-refractivity contribution in [3.05, 3.63) is 58.3 Å². The maximum Gasteiger partial charge on any atom is 0.291 e. The third-order valence-electron chi connectivity index (χ3n) is 4.35. The van der Waals surface area contributed by atoms with Gasteiger partial charge in [0.1, 0.15) is 11.5 Å². The molecule has 1 aliphatic heterocycles. The van der Waals surface area contributed by atoms with Gasteiger partial charge in [-0.1, -0.05) is 30.3 Å². The second-order valence-corrected chi connectivity index (χ2v) is 5.95. The number of nitrogens with zero attached hydrogens (tertiary/aromatic N) is 2. The summed E-state index contributed by atoms with van der Waals surface area (Å²) in [5.41, 5.74) is 1.69. The van der Waals surface area contributed by atoms with E-state index in [0.717, 1.165) is 31.5 Å². The van der Waals surface area contributed by atoms with Crippen LogP contribution in [0.15, 0.2) is 42.5 Å². The van der Waals surface area contributed by atoms with Crippen molar-refractivity contribution in [1.82, 2.24) is 10.3 Å². The minimum Gasteiger partial charge on any atom is -0.317 e. The van der Waals surface area contributed by atoms with Crippen LogP contribution in [-0.4, -0.2) is 28.8 Å². The monoisotopic (exact) mass is 325 g/mol. The average Bonchev–Trinajstić information content (AvgIpc) is 2.63. The predicted octanol–water partition coefficient (Wildman–Crippen LogP) is 2.77. The van der Waals surface area contributed by atoms with Crippen LogP contribution in [-0.2, 0) is 11.2 Å². The zero-order valence-electron chi connectivity index (χ0n) is 13.3. The number of nitro groups is 1. The van der Waals surface area contributed by atoms with E-state index in [-0.39, 0.29) is 29.5 Å². The van der Waals surface area contributed by atoms with Gasteiger partial charge in [-0.15, -0.1) is 0 Å². The lowest BCUT2D eigenvalue weighted by molar-refractivity contribution is -0.385. The number of ketones is 1. The molecule has 2 aromatic rings. The molecule has 124 valence electrons. The molecular formula is C18H19N3O3. The Bertz CT molecular complexity index is 740. The molecule has 1 N–H and O–H groups in total. The Kier molecular flexibility index (Phi) is 4.96. The fourth-order valence-corrected chi connectivity index (χ4v) is 3.01. The third-order valence-corrected chi connectivity index (χ3v) is 4.35. The second-order valence-electron chi connectivity index (χ2n) is 5.95. The van der Waals surface area contributed by atoms with Gasteiger partial charge in [-0.2, -0.15) is 0 Å². The number of nitrogens with one attached hydrogen (secondary N) is 1. The highest BCUT2D eigenvalue weighted by Crippen LogP contribution is 2.25. The van der Waals surface area contributed by atoms with Crippen LogP contribution in [0.2, 0.25) is 0 Å². The van der Waals surface area contributed by atoms with E-state index in [9.17, 15) is 14.9 Å². The molecule has 0 aliphatic carbocycles. The lowest BCUT2D eigenvalue weighted by Gasteiger charge is -2.21. The Morgan fingerprint density at radius 2 is 1.88 bits per heavy atom. The summed E-state index contributed by atoms with van der Waals surface area (Å²) in [6, 6.07) is 12.5. The standard InChI is InChI=1S/C18H19N3O3/c22-18(14-8-10-19-11-9-14)12-16-17(21(23)24)7-6-15(20-16)13-4-2-1-3-5-13/h1-7,14,19H,8-12H2. The summed E-state index contributed by atoms with van der Waals surface area (Å²) in [6.45, 7) is 1.63. The van der Waals surface area contributed by atoms with Crippen LogP contribution in [0.3, 0.4) is 0 Å². The molecule has 0 radical (unpaired) electrons. The fourth-order valence-electron chi connectivity index (χ4n) is 3.01. The molecule has 0 unspecified atom stereocenters. The number of carbonyl (C=O) groups excluding carboxylic acids is 1. The van der Waals surface area contributed by atoms with E-state index < -0.39 is 4.92 Å². The van der Waals surface area contributed by atoms with Crippen molar-refractivity contribution in [2.45, 2.75) is 19.3 Å². The van der Waals surface area contributed by atoms with Crippen LogP contribution in [0, 0.1) is 16.0 Å². The molecular weight excluding hydrogens is 306 g/mol. The summed E-state index contributed by atoms with van der Waals surface area (Å²) < 4.78 is 0. The Morgan fingerprint density at radius 1 is 1.17 bits per heavy atom. The topological polar surface area (TPSA) is 85.1 Å². The fraction of sp³-hybridized carbons (Fsp3) is 0.333. The van der Waals surface area contributed by atoms with E-state index in [2.05, 4.69) is 10.3 Å². The van der Waals surface area contributed by atoms with Crippen LogP contribution >= 0.6 is 0 Å². The lowest BCUT2D eigenvalue weighted by atomic mass is 9.91. The van der Waals surface area contributed by atoms with E-state index in [0.29, 0.717) is 5.69 Å². The molecule has 2 heterocycles. The number of carbonyl (C=O) groups is 1. The molecule has 0 bridgehead atoms. The molecule has 1 aromatic carbocycles. The minimum atomic E-state index is -0.465. The first kappa shape index (κ1) is 16.3. The number of hydrogen-bond acceptors (Lipinski definition) is 5. The summed E-state index contributed by atoms with van der Waals surface area (Å²) in [6.07, 6.45) is 1.58. The van der Waals surface area contributed by atoms with Gasteiger partial charge < -0.3 is 5.32 Å². The van der Waals surface area contributed by atoms with Gasteiger partial charge in [0.2, 0.25) is 0 Å². The van der Waals surface area contributed by atoms with Crippen molar-refractivity contribution in [1.29, 1.82) is 0 Å². The highest BCUT2D eigenvalue weighted by molar-refractivity contribution is 5.84. The van der Waals surface area contributed by atoms with Crippen LogP contribution in [0.25, 0.3) is 11.3 Å². The Morgan fingerprint density at radius 3 is 2.54 bits per heavy atom. The quantitative estimate of drug-likeness (QED) is 0.675. The molecule has 0 atom stereocenters. The third kappa shape index (κ3) is 3.65. The predicted molar refractivity (Wildman–Crippen MR) is 90.6 cm³/mol. The summed E-state index contributed by atoms with van der Waals surface area (Å²) in [5, 5.41) is 14.5. The molecule has 1 aliphatic rings. The number of pyridine rings is 1. The highest BCUT2D eigenvalue weighted by atomic mass is 16.6. The summed E-state index contributed by atoms with van der Waals surface area (Å²) in [7, 11) is 0. The number of hydrogen-bond donors (Lipinski definition) is 1. The Hall–Kier alpha value is -2.60. The number of Topliss-reactive ketones (excluding diaryl/α,β-unsaturated/α-hetero) is 1. The molecule has 6 heteroatoms. The maximum absolute atomic E-state index is 12.5. The van der Waals surface area contributed by atoms with Crippen molar-refractivity contribution in [3.63, 3.8) is 0 Å². The summed E-state index contributed by atoms with van der Waals surface area (Å²) in [4.78, 5) is 27.7. The molecule has 6 nitrogen and oxygen atoms in total. The molecule has 0 amide bonds. The lowest BCUT2D eigenvalue weighted by Crippen LogP contribution is -2.32. The van der Waals surface area contributed by atoms with Crippen molar-refractivity contribution in [2.75, 3.05) is 13.1 Å². The molecule has 0 spiro atoms. The SMILES string of the molecule is O=C(Cc1nc(-c2ccccc2)ccc1[N+](=O)[O-])C1CCNCC1. The Labute approximate surface area is 140 Å². The van der Waals surface area contributed by atoms with Gasteiger partial charge in [0.25, 0.3) is 5.69 Å². The zero-order chi connectivity index (χ0) is 16.9. The number of benzene rings is 1. The molecule has 24 heavy (non-hydrogen) atoms. The van der Waals surface area contributed by atoms with E-state index >= 15 is 0 Å². The average molecular weight is 325 g/mol. The maximum atomic E-state index is 12.5. The van der Waals surface area contributed by atoms with Crippen molar-refractivity contribution in [2.24, 2.45) is 5.92 Å². The van der Waals surface area contributed by atoms with E-state index in [1.807, 2.05) is 30.3 Å². The first-order valence-corrected chi connectivity index (χ1v) is 8.08. The van der Waals surface area contributed by atoms with Crippen molar-refractivity contribution >= 4 is 11.5 Å². The van der Waals surface area contributed by atoms with Crippen LogP contribution in [0.4, 0.5) is 5.69 Å². The normalized spacial score (nSPS) is 15.2. The Balaban J connectivity index is 1.89. The van der Waals surface area contributed by atoms with Gasteiger partial charge in [0, 0.05) is 17.5 Å². The zero-order valence-corrected chi connectivity index (χ0v) is 13.3.